The molecule has 2 saturated heterocycles. The largest absolute Gasteiger partial charge is 0.374 e. The Hall–Kier alpha value is -0.660. The molecule has 0 bridgehead atoms. The molecule has 2 unspecified atom stereocenters. The second kappa shape index (κ2) is 6.41. The molecule has 116 valence electrons. The molecule has 0 aromatic heterocycles. The van der Waals surface area contributed by atoms with Gasteiger partial charge in [-0.15, -0.1) is 0 Å². The molecule has 0 aromatic rings. The van der Waals surface area contributed by atoms with Crippen molar-refractivity contribution in [1.82, 2.24) is 9.80 Å². The molecule has 2 rings (SSSR count). The van der Waals surface area contributed by atoms with E-state index in [1.54, 1.807) is 4.90 Å². The lowest BCUT2D eigenvalue weighted by Gasteiger charge is -2.46. The summed E-state index contributed by atoms with van der Waals surface area (Å²) >= 11 is 0. The molecule has 2 heterocycles. The van der Waals surface area contributed by atoms with E-state index in [1.807, 2.05) is 14.0 Å². The van der Waals surface area contributed by atoms with Gasteiger partial charge in [0, 0.05) is 19.6 Å². The molecule has 7 heteroatoms. The van der Waals surface area contributed by atoms with Crippen LogP contribution < -0.4 is 0 Å². The minimum absolute atomic E-state index is 0.00757. The van der Waals surface area contributed by atoms with Gasteiger partial charge in [-0.25, -0.2) is 8.42 Å². The SMILES string of the molecule is CCCS(=O)(=O)CC(=O)N1CCOC2CCN(C)CC21. The van der Waals surface area contributed by atoms with Crippen LogP contribution in [-0.4, -0.2) is 81.1 Å². The number of sulfone groups is 1. The van der Waals surface area contributed by atoms with Crippen molar-refractivity contribution in [2.45, 2.75) is 31.9 Å². The first kappa shape index (κ1) is 15.7. The normalized spacial score (nSPS) is 28.2. The summed E-state index contributed by atoms with van der Waals surface area (Å²) in [6.45, 7) is 4.52. The molecular weight excluding hydrogens is 280 g/mol. The van der Waals surface area contributed by atoms with Crippen LogP contribution >= 0.6 is 0 Å². The third kappa shape index (κ3) is 3.71. The molecule has 1 amide bonds. The van der Waals surface area contributed by atoms with E-state index >= 15 is 0 Å². The summed E-state index contributed by atoms with van der Waals surface area (Å²) < 4.78 is 29.4. The molecule has 2 fully saturated rings. The van der Waals surface area contributed by atoms with E-state index in [1.165, 1.54) is 0 Å². The molecular formula is C13H24N2O4S. The lowest BCUT2D eigenvalue weighted by Crippen LogP contribution is -2.61. The lowest BCUT2D eigenvalue weighted by molar-refractivity contribution is -0.149. The van der Waals surface area contributed by atoms with Crippen molar-refractivity contribution in [3.05, 3.63) is 0 Å². The Labute approximate surface area is 121 Å². The van der Waals surface area contributed by atoms with Gasteiger partial charge in [0.15, 0.2) is 9.84 Å². The van der Waals surface area contributed by atoms with Crippen LogP contribution in [0, 0.1) is 0 Å². The van der Waals surface area contributed by atoms with Gasteiger partial charge in [0.1, 0.15) is 5.75 Å². The van der Waals surface area contributed by atoms with Crippen molar-refractivity contribution >= 4 is 15.7 Å². The maximum absolute atomic E-state index is 12.3. The molecule has 0 aliphatic carbocycles. The monoisotopic (exact) mass is 304 g/mol. The Balaban J connectivity index is 2.04. The predicted molar refractivity (Wildman–Crippen MR) is 76.3 cm³/mol. The van der Waals surface area contributed by atoms with Gasteiger partial charge < -0.3 is 14.5 Å². The molecule has 2 atom stereocenters. The maximum atomic E-state index is 12.3. The molecule has 6 nitrogen and oxygen atoms in total. The van der Waals surface area contributed by atoms with Crippen LogP contribution in [0.25, 0.3) is 0 Å². The van der Waals surface area contributed by atoms with Crippen molar-refractivity contribution in [3.63, 3.8) is 0 Å². The molecule has 20 heavy (non-hydrogen) atoms. The number of likely N-dealkylation sites (tertiary alicyclic amines) is 1. The first-order chi connectivity index (χ1) is 9.43. The highest BCUT2D eigenvalue weighted by molar-refractivity contribution is 7.92. The molecule has 0 saturated carbocycles. The number of likely N-dealkylation sites (N-methyl/N-ethyl adjacent to an activating group) is 1. The number of hydrogen-bond donors (Lipinski definition) is 0. The highest BCUT2D eigenvalue weighted by Gasteiger charge is 2.39. The molecule has 0 aromatic carbocycles. The highest BCUT2D eigenvalue weighted by Crippen LogP contribution is 2.22. The Kier molecular flexibility index (Phi) is 5.04. The average molecular weight is 304 g/mol. The fourth-order valence-electron chi connectivity index (χ4n) is 2.99. The Morgan fingerprint density at radius 1 is 1.35 bits per heavy atom. The number of rotatable bonds is 4. The summed E-state index contributed by atoms with van der Waals surface area (Å²) in [4.78, 5) is 16.2. The Morgan fingerprint density at radius 2 is 2.10 bits per heavy atom. The zero-order chi connectivity index (χ0) is 14.8. The summed E-state index contributed by atoms with van der Waals surface area (Å²) in [5.74, 6) is -0.558. The van der Waals surface area contributed by atoms with Gasteiger partial charge in [-0.05, 0) is 19.9 Å². The number of hydrogen-bond acceptors (Lipinski definition) is 5. The van der Waals surface area contributed by atoms with Gasteiger partial charge in [0.25, 0.3) is 0 Å². The third-order valence-electron chi connectivity index (χ3n) is 3.97. The summed E-state index contributed by atoms with van der Waals surface area (Å²) in [6.07, 6.45) is 1.50. The van der Waals surface area contributed by atoms with Gasteiger partial charge in [-0.2, -0.15) is 0 Å². The average Bonchev–Trinajstić information content (AvgIpc) is 2.37. The van der Waals surface area contributed by atoms with Crippen LogP contribution in [0.5, 0.6) is 0 Å². The minimum atomic E-state index is -3.28. The molecule has 0 spiro atoms. The summed E-state index contributed by atoms with van der Waals surface area (Å²) in [6, 6.07) is -0.00757. The molecule has 2 aliphatic heterocycles. The molecule has 0 radical (unpaired) electrons. The number of ether oxygens (including phenoxy) is 1. The van der Waals surface area contributed by atoms with Crippen LogP contribution in [-0.2, 0) is 19.4 Å². The van der Waals surface area contributed by atoms with Crippen molar-refractivity contribution in [2.75, 3.05) is 44.8 Å². The van der Waals surface area contributed by atoms with Gasteiger partial charge in [0.2, 0.25) is 5.91 Å². The lowest BCUT2D eigenvalue weighted by atomic mass is 9.99. The van der Waals surface area contributed by atoms with Gasteiger partial charge in [0.05, 0.1) is 24.5 Å². The van der Waals surface area contributed by atoms with Crippen molar-refractivity contribution in [2.24, 2.45) is 0 Å². The minimum Gasteiger partial charge on any atom is -0.374 e. The molecule has 0 N–H and O–H groups in total. The number of fused-ring (bicyclic) bond motifs is 1. The Bertz CT molecular complexity index is 451. The number of amides is 1. The van der Waals surface area contributed by atoms with E-state index in [2.05, 4.69) is 4.90 Å². The number of carbonyl (C=O) groups is 1. The van der Waals surface area contributed by atoms with Crippen LogP contribution in [0.2, 0.25) is 0 Å². The van der Waals surface area contributed by atoms with Crippen LogP contribution in [0.1, 0.15) is 19.8 Å². The van der Waals surface area contributed by atoms with Crippen molar-refractivity contribution < 1.29 is 17.9 Å². The van der Waals surface area contributed by atoms with Crippen LogP contribution in [0.3, 0.4) is 0 Å². The zero-order valence-corrected chi connectivity index (χ0v) is 13.1. The van der Waals surface area contributed by atoms with E-state index in [9.17, 15) is 13.2 Å². The first-order valence-electron chi connectivity index (χ1n) is 7.23. The quantitative estimate of drug-likeness (QED) is 0.716. The second-order valence-corrected chi connectivity index (χ2v) is 7.89. The fraction of sp³-hybridized carbons (Fsp3) is 0.923. The summed E-state index contributed by atoms with van der Waals surface area (Å²) in [5, 5.41) is 0. The van der Waals surface area contributed by atoms with Gasteiger partial charge in [-0.3, -0.25) is 4.79 Å². The number of carbonyl (C=O) groups excluding carboxylic acids is 1. The van der Waals surface area contributed by atoms with Gasteiger partial charge >= 0.3 is 0 Å². The van der Waals surface area contributed by atoms with Crippen LogP contribution in [0.15, 0.2) is 0 Å². The van der Waals surface area contributed by atoms with E-state index in [0.29, 0.717) is 19.6 Å². The first-order valence-corrected chi connectivity index (χ1v) is 9.05. The van der Waals surface area contributed by atoms with Crippen molar-refractivity contribution in [3.8, 4) is 0 Å². The maximum Gasteiger partial charge on any atom is 0.238 e. The Morgan fingerprint density at radius 3 is 2.80 bits per heavy atom. The van der Waals surface area contributed by atoms with Gasteiger partial charge in [-0.1, -0.05) is 6.92 Å². The third-order valence-corrected chi connectivity index (χ3v) is 5.68. The zero-order valence-electron chi connectivity index (χ0n) is 12.2. The van der Waals surface area contributed by atoms with E-state index in [4.69, 9.17) is 4.74 Å². The predicted octanol–water partition coefficient (Wildman–Crippen LogP) is -0.257. The number of nitrogens with zero attached hydrogens (tertiary/aromatic N) is 2. The smallest absolute Gasteiger partial charge is 0.238 e. The highest BCUT2D eigenvalue weighted by atomic mass is 32.2. The summed E-state index contributed by atoms with van der Waals surface area (Å²) in [5.41, 5.74) is 0. The topological polar surface area (TPSA) is 66.9 Å². The standard InChI is InChI=1S/C13H24N2O4S/c1-3-8-20(17,18)10-13(16)15-6-7-19-12-4-5-14(2)9-11(12)15/h11-12H,3-10H2,1-2H3. The number of morpholine rings is 1. The summed E-state index contributed by atoms with van der Waals surface area (Å²) in [7, 11) is -1.26. The van der Waals surface area contributed by atoms with E-state index < -0.39 is 9.84 Å². The van der Waals surface area contributed by atoms with Crippen molar-refractivity contribution in [1.29, 1.82) is 0 Å². The van der Waals surface area contributed by atoms with E-state index in [0.717, 1.165) is 19.5 Å². The number of piperidine rings is 1. The fourth-order valence-corrected chi connectivity index (χ4v) is 4.30. The molecule has 2 aliphatic rings. The van der Waals surface area contributed by atoms with Crippen LogP contribution in [0.4, 0.5) is 0 Å². The second-order valence-electron chi connectivity index (χ2n) is 5.71. The van der Waals surface area contributed by atoms with E-state index in [-0.39, 0.29) is 29.6 Å².